The standard InChI is InChI=1S/C15H14F2N2O/c1-2-20-15-11(8-12(16)9-14(15)17)10-18-19-13-6-4-3-5-7-13/h3-10,19H,2H2,1H3. The minimum Gasteiger partial charge on any atom is -0.490 e. The number of rotatable bonds is 5. The molecule has 2 aromatic rings. The molecule has 0 saturated carbocycles. The molecule has 0 heterocycles. The summed E-state index contributed by atoms with van der Waals surface area (Å²) in [5.41, 5.74) is 3.79. The van der Waals surface area contributed by atoms with E-state index in [9.17, 15) is 8.78 Å². The minimum absolute atomic E-state index is 0.00693. The van der Waals surface area contributed by atoms with Crippen LogP contribution in [-0.2, 0) is 0 Å². The molecule has 0 unspecified atom stereocenters. The Bertz CT molecular complexity index is 600. The fourth-order valence-corrected chi connectivity index (χ4v) is 1.66. The maximum Gasteiger partial charge on any atom is 0.168 e. The summed E-state index contributed by atoms with van der Waals surface area (Å²) in [6.07, 6.45) is 1.32. The lowest BCUT2D eigenvalue weighted by Gasteiger charge is -2.08. The molecule has 2 rings (SSSR count). The number of ether oxygens (including phenoxy) is 1. The maximum absolute atomic E-state index is 13.6. The lowest BCUT2D eigenvalue weighted by molar-refractivity contribution is 0.320. The number of hydrazone groups is 1. The zero-order chi connectivity index (χ0) is 14.4. The summed E-state index contributed by atoms with van der Waals surface area (Å²) in [6, 6.07) is 11.2. The molecule has 0 aliphatic carbocycles. The molecule has 20 heavy (non-hydrogen) atoms. The van der Waals surface area contributed by atoms with Crippen LogP contribution >= 0.6 is 0 Å². The third kappa shape index (κ3) is 3.54. The number of hydrogen-bond acceptors (Lipinski definition) is 3. The van der Waals surface area contributed by atoms with E-state index >= 15 is 0 Å². The van der Waals surface area contributed by atoms with Crippen molar-refractivity contribution >= 4 is 11.9 Å². The lowest BCUT2D eigenvalue weighted by atomic mass is 10.2. The molecule has 0 spiro atoms. The van der Waals surface area contributed by atoms with Gasteiger partial charge in [0, 0.05) is 11.6 Å². The average molecular weight is 276 g/mol. The molecule has 0 amide bonds. The molecule has 5 heteroatoms. The van der Waals surface area contributed by atoms with E-state index in [4.69, 9.17) is 4.74 Å². The predicted octanol–water partition coefficient (Wildman–Crippen LogP) is 3.81. The van der Waals surface area contributed by atoms with E-state index in [0.717, 1.165) is 11.8 Å². The molecule has 2 aromatic carbocycles. The third-order valence-corrected chi connectivity index (χ3v) is 2.50. The molecule has 0 aliphatic rings. The van der Waals surface area contributed by atoms with Gasteiger partial charge in [-0.2, -0.15) is 5.10 Å². The van der Waals surface area contributed by atoms with Crippen molar-refractivity contribution in [3.05, 3.63) is 59.7 Å². The summed E-state index contributed by atoms with van der Waals surface area (Å²) in [5.74, 6) is -1.42. The summed E-state index contributed by atoms with van der Waals surface area (Å²) in [5, 5.41) is 3.95. The molecule has 0 aromatic heterocycles. The summed E-state index contributed by atoms with van der Waals surface area (Å²) in [7, 11) is 0. The molecule has 1 N–H and O–H groups in total. The molecule has 0 fully saturated rings. The number of anilines is 1. The summed E-state index contributed by atoms with van der Waals surface area (Å²) in [6.45, 7) is 2.02. The highest BCUT2D eigenvalue weighted by Gasteiger charge is 2.10. The first-order valence-electron chi connectivity index (χ1n) is 6.16. The normalized spacial score (nSPS) is 10.8. The van der Waals surface area contributed by atoms with E-state index in [1.807, 2.05) is 30.3 Å². The van der Waals surface area contributed by atoms with Gasteiger partial charge < -0.3 is 4.74 Å². The Balaban J connectivity index is 2.19. The molecular weight excluding hydrogens is 262 g/mol. The molecule has 0 saturated heterocycles. The first-order chi connectivity index (χ1) is 9.70. The Kier molecular flexibility index (Phi) is 4.65. The topological polar surface area (TPSA) is 33.6 Å². The van der Waals surface area contributed by atoms with Gasteiger partial charge in [-0.15, -0.1) is 0 Å². The highest BCUT2D eigenvalue weighted by molar-refractivity contribution is 5.84. The minimum atomic E-state index is -0.743. The van der Waals surface area contributed by atoms with Gasteiger partial charge in [0.1, 0.15) is 5.82 Å². The second-order valence-corrected chi connectivity index (χ2v) is 3.98. The van der Waals surface area contributed by atoms with Gasteiger partial charge in [-0.1, -0.05) is 18.2 Å². The van der Waals surface area contributed by atoms with Crippen molar-refractivity contribution in [2.24, 2.45) is 5.10 Å². The molecule has 0 bridgehead atoms. The molecule has 0 aliphatic heterocycles. The van der Waals surface area contributed by atoms with Crippen LogP contribution in [-0.4, -0.2) is 12.8 Å². The number of nitrogens with zero attached hydrogens (tertiary/aromatic N) is 1. The number of halogens is 2. The van der Waals surface area contributed by atoms with Gasteiger partial charge in [0.15, 0.2) is 11.6 Å². The van der Waals surface area contributed by atoms with Crippen molar-refractivity contribution in [1.82, 2.24) is 0 Å². The largest absolute Gasteiger partial charge is 0.490 e. The maximum atomic E-state index is 13.6. The number of para-hydroxylation sites is 1. The van der Waals surface area contributed by atoms with Gasteiger partial charge in [-0.25, -0.2) is 8.78 Å². The van der Waals surface area contributed by atoms with Crippen LogP contribution < -0.4 is 10.2 Å². The second kappa shape index (κ2) is 6.65. The van der Waals surface area contributed by atoms with Gasteiger partial charge >= 0.3 is 0 Å². The smallest absolute Gasteiger partial charge is 0.168 e. The fraction of sp³-hybridized carbons (Fsp3) is 0.133. The van der Waals surface area contributed by atoms with E-state index in [-0.39, 0.29) is 17.9 Å². The SMILES string of the molecule is CCOc1c(F)cc(F)cc1C=NNc1ccccc1. The monoisotopic (exact) mass is 276 g/mol. The molecular formula is C15H14F2N2O. The van der Waals surface area contributed by atoms with E-state index in [2.05, 4.69) is 10.5 Å². The van der Waals surface area contributed by atoms with Gasteiger partial charge in [0.25, 0.3) is 0 Å². The van der Waals surface area contributed by atoms with Crippen molar-refractivity contribution in [2.45, 2.75) is 6.92 Å². The Labute approximate surface area is 115 Å². The fourth-order valence-electron chi connectivity index (χ4n) is 1.66. The highest BCUT2D eigenvalue weighted by Crippen LogP contribution is 2.23. The van der Waals surface area contributed by atoms with Crippen LogP contribution in [0.15, 0.2) is 47.6 Å². The van der Waals surface area contributed by atoms with Crippen LogP contribution in [0.1, 0.15) is 12.5 Å². The molecule has 0 atom stereocenters. The molecule has 3 nitrogen and oxygen atoms in total. The number of hydrogen-bond donors (Lipinski definition) is 1. The average Bonchev–Trinajstić information content (AvgIpc) is 2.43. The Morgan fingerprint density at radius 1 is 1.20 bits per heavy atom. The van der Waals surface area contributed by atoms with Crippen molar-refractivity contribution in [3.8, 4) is 5.75 Å². The van der Waals surface area contributed by atoms with Crippen LogP contribution in [0.25, 0.3) is 0 Å². The predicted molar refractivity (Wildman–Crippen MR) is 75.2 cm³/mol. The van der Waals surface area contributed by atoms with E-state index in [0.29, 0.717) is 0 Å². The Morgan fingerprint density at radius 3 is 2.65 bits per heavy atom. The number of benzene rings is 2. The Hall–Kier alpha value is -2.43. The van der Waals surface area contributed by atoms with Crippen LogP contribution in [0, 0.1) is 11.6 Å². The van der Waals surface area contributed by atoms with Crippen molar-refractivity contribution < 1.29 is 13.5 Å². The lowest BCUT2D eigenvalue weighted by Crippen LogP contribution is -2.01. The third-order valence-electron chi connectivity index (χ3n) is 2.50. The van der Waals surface area contributed by atoms with Crippen LogP contribution in [0.4, 0.5) is 14.5 Å². The van der Waals surface area contributed by atoms with E-state index < -0.39 is 11.6 Å². The van der Waals surface area contributed by atoms with Gasteiger partial charge in [-0.3, -0.25) is 5.43 Å². The quantitative estimate of drug-likeness (QED) is 0.665. The zero-order valence-electron chi connectivity index (χ0n) is 10.9. The van der Waals surface area contributed by atoms with Crippen molar-refractivity contribution in [3.63, 3.8) is 0 Å². The molecule has 0 radical (unpaired) electrons. The highest BCUT2D eigenvalue weighted by atomic mass is 19.1. The second-order valence-electron chi connectivity index (χ2n) is 3.98. The van der Waals surface area contributed by atoms with Crippen LogP contribution in [0.5, 0.6) is 5.75 Å². The van der Waals surface area contributed by atoms with Crippen molar-refractivity contribution in [1.29, 1.82) is 0 Å². The first-order valence-corrected chi connectivity index (χ1v) is 6.16. The summed E-state index contributed by atoms with van der Waals surface area (Å²) in [4.78, 5) is 0. The summed E-state index contributed by atoms with van der Waals surface area (Å²) < 4.78 is 32.0. The van der Waals surface area contributed by atoms with Crippen molar-refractivity contribution in [2.75, 3.05) is 12.0 Å². The first kappa shape index (κ1) is 14.0. The van der Waals surface area contributed by atoms with Gasteiger partial charge in [0.2, 0.25) is 0 Å². The Morgan fingerprint density at radius 2 is 1.95 bits per heavy atom. The van der Waals surface area contributed by atoms with Crippen LogP contribution in [0.2, 0.25) is 0 Å². The van der Waals surface area contributed by atoms with E-state index in [1.54, 1.807) is 6.92 Å². The zero-order valence-corrected chi connectivity index (χ0v) is 10.9. The van der Waals surface area contributed by atoms with Crippen LogP contribution in [0.3, 0.4) is 0 Å². The van der Waals surface area contributed by atoms with Gasteiger partial charge in [0.05, 0.1) is 18.5 Å². The molecule has 104 valence electrons. The van der Waals surface area contributed by atoms with Gasteiger partial charge in [-0.05, 0) is 25.1 Å². The summed E-state index contributed by atoms with van der Waals surface area (Å²) >= 11 is 0. The number of nitrogens with one attached hydrogen (secondary N) is 1. The van der Waals surface area contributed by atoms with E-state index in [1.165, 1.54) is 12.3 Å².